The van der Waals surface area contributed by atoms with Crippen molar-refractivity contribution in [3.05, 3.63) is 66.4 Å². The highest BCUT2D eigenvalue weighted by Gasteiger charge is 2.27. The lowest BCUT2D eigenvalue weighted by Crippen LogP contribution is -2.39. The van der Waals surface area contributed by atoms with Crippen molar-refractivity contribution in [1.82, 2.24) is 19.9 Å². The SMILES string of the molecule is CN(C)c1ccc(CN2CCOCC2c2ncc(-c3ccncc3)[nH]2)cc1. The van der Waals surface area contributed by atoms with E-state index in [0.29, 0.717) is 6.61 Å². The number of hydrogen-bond donors (Lipinski definition) is 1. The summed E-state index contributed by atoms with van der Waals surface area (Å²) in [6, 6.07) is 12.8. The van der Waals surface area contributed by atoms with Gasteiger partial charge in [0.25, 0.3) is 0 Å². The maximum absolute atomic E-state index is 5.75. The number of aromatic amines is 1. The van der Waals surface area contributed by atoms with Crippen molar-refractivity contribution in [2.75, 3.05) is 38.8 Å². The first-order chi connectivity index (χ1) is 13.2. The molecule has 6 heteroatoms. The molecule has 1 unspecified atom stereocenters. The number of nitrogens with zero attached hydrogens (tertiary/aromatic N) is 4. The summed E-state index contributed by atoms with van der Waals surface area (Å²) in [5, 5.41) is 0. The standard InChI is InChI=1S/C21H25N5O/c1-25(2)18-5-3-16(4-6-18)14-26-11-12-27-15-20(26)21-23-13-19(24-21)17-7-9-22-10-8-17/h3-10,13,20H,11-12,14-15H2,1-2H3,(H,23,24). The number of aromatic nitrogens is 3. The van der Waals surface area contributed by atoms with Crippen LogP contribution in [0.1, 0.15) is 17.4 Å². The summed E-state index contributed by atoms with van der Waals surface area (Å²) < 4.78 is 5.75. The van der Waals surface area contributed by atoms with Crippen LogP contribution < -0.4 is 4.90 Å². The largest absolute Gasteiger partial charge is 0.378 e. The molecule has 1 atom stereocenters. The minimum atomic E-state index is 0.128. The van der Waals surface area contributed by atoms with Crippen LogP contribution in [-0.2, 0) is 11.3 Å². The van der Waals surface area contributed by atoms with Crippen molar-refractivity contribution in [2.24, 2.45) is 0 Å². The van der Waals surface area contributed by atoms with Gasteiger partial charge in [-0.15, -0.1) is 0 Å². The number of anilines is 1. The normalized spacial score (nSPS) is 17.8. The fourth-order valence-electron chi connectivity index (χ4n) is 3.40. The lowest BCUT2D eigenvalue weighted by atomic mass is 10.1. The number of hydrogen-bond acceptors (Lipinski definition) is 5. The Labute approximate surface area is 159 Å². The summed E-state index contributed by atoms with van der Waals surface area (Å²) in [7, 11) is 4.12. The smallest absolute Gasteiger partial charge is 0.126 e. The van der Waals surface area contributed by atoms with Crippen LogP contribution in [0.25, 0.3) is 11.3 Å². The molecule has 3 heterocycles. The predicted octanol–water partition coefficient (Wildman–Crippen LogP) is 3.11. The van der Waals surface area contributed by atoms with E-state index >= 15 is 0 Å². The fraction of sp³-hybridized carbons (Fsp3) is 0.333. The van der Waals surface area contributed by atoms with Gasteiger partial charge in [-0.3, -0.25) is 9.88 Å². The van der Waals surface area contributed by atoms with Crippen molar-refractivity contribution < 1.29 is 4.74 Å². The van der Waals surface area contributed by atoms with Gasteiger partial charge in [0, 0.05) is 50.8 Å². The second-order valence-corrected chi connectivity index (χ2v) is 7.04. The van der Waals surface area contributed by atoms with Gasteiger partial charge in [-0.1, -0.05) is 12.1 Å². The molecule has 1 saturated heterocycles. The summed E-state index contributed by atoms with van der Waals surface area (Å²) in [4.78, 5) is 16.7. The predicted molar refractivity (Wildman–Crippen MR) is 107 cm³/mol. The highest BCUT2D eigenvalue weighted by atomic mass is 16.5. The first-order valence-corrected chi connectivity index (χ1v) is 9.24. The van der Waals surface area contributed by atoms with Gasteiger partial charge in [0.05, 0.1) is 31.1 Å². The maximum Gasteiger partial charge on any atom is 0.126 e. The van der Waals surface area contributed by atoms with Crippen LogP contribution in [0, 0.1) is 0 Å². The number of morpholine rings is 1. The Balaban J connectivity index is 1.52. The quantitative estimate of drug-likeness (QED) is 0.755. The number of ether oxygens (including phenoxy) is 1. The van der Waals surface area contributed by atoms with E-state index in [9.17, 15) is 0 Å². The first kappa shape index (κ1) is 17.7. The third kappa shape index (κ3) is 4.02. The molecule has 0 saturated carbocycles. The molecule has 0 aliphatic carbocycles. The zero-order chi connectivity index (χ0) is 18.6. The second kappa shape index (κ2) is 7.90. The van der Waals surface area contributed by atoms with E-state index in [1.165, 1.54) is 11.3 Å². The number of H-pyrrole nitrogens is 1. The van der Waals surface area contributed by atoms with Crippen molar-refractivity contribution in [3.8, 4) is 11.3 Å². The van der Waals surface area contributed by atoms with E-state index in [1.807, 2.05) is 18.3 Å². The third-order valence-electron chi connectivity index (χ3n) is 4.98. The molecule has 0 spiro atoms. The van der Waals surface area contributed by atoms with E-state index < -0.39 is 0 Å². The Bertz CT molecular complexity index is 860. The molecule has 1 aliphatic heterocycles. The van der Waals surface area contributed by atoms with Crippen molar-refractivity contribution in [3.63, 3.8) is 0 Å². The number of imidazole rings is 1. The van der Waals surface area contributed by atoms with Crippen LogP contribution in [0.4, 0.5) is 5.69 Å². The number of nitrogens with one attached hydrogen (secondary N) is 1. The van der Waals surface area contributed by atoms with Crippen LogP contribution in [0.5, 0.6) is 0 Å². The lowest BCUT2D eigenvalue weighted by molar-refractivity contribution is -0.0156. The first-order valence-electron chi connectivity index (χ1n) is 9.24. The number of benzene rings is 1. The average Bonchev–Trinajstić information content (AvgIpc) is 3.19. The van der Waals surface area contributed by atoms with Crippen LogP contribution in [-0.4, -0.2) is 53.7 Å². The summed E-state index contributed by atoms with van der Waals surface area (Å²) in [6.45, 7) is 3.18. The summed E-state index contributed by atoms with van der Waals surface area (Å²) >= 11 is 0. The minimum absolute atomic E-state index is 0.128. The van der Waals surface area contributed by atoms with Gasteiger partial charge < -0.3 is 14.6 Å². The van der Waals surface area contributed by atoms with Crippen LogP contribution in [0.15, 0.2) is 55.0 Å². The molecule has 3 aromatic rings. The molecule has 1 aliphatic rings. The van der Waals surface area contributed by atoms with Gasteiger partial charge in [0.1, 0.15) is 5.82 Å². The molecule has 4 rings (SSSR count). The Morgan fingerprint density at radius 3 is 2.67 bits per heavy atom. The van der Waals surface area contributed by atoms with Crippen LogP contribution in [0.3, 0.4) is 0 Å². The molecule has 1 fully saturated rings. The minimum Gasteiger partial charge on any atom is -0.378 e. The van der Waals surface area contributed by atoms with Crippen LogP contribution in [0.2, 0.25) is 0 Å². The highest BCUT2D eigenvalue weighted by molar-refractivity contribution is 5.57. The molecular formula is C21H25N5O. The monoisotopic (exact) mass is 363 g/mol. The summed E-state index contributed by atoms with van der Waals surface area (Å²) in [5.74, 6) is 0.950. The summed E-state index contributed by atoms with van der Waals surface area (Å²) in [6.07, 6.45) is 5.48. The Kier molecular flexibility index (Phi) is 5.18. The van der Waals surface area contributed by atoms with Crippen molar-refractivity contribution >= 4 is 5.69 Å². The van der Waals surface area contributed by atoms with Gasteiger partial charge in [-0.05, 0) is 29.8 Å². The topological polar surface area (TPSA) is 57.3 Å². The number of rotatable bonds is 5. The van der Waals surface area contributed by atoms with E-state index in [0.717, 1.165) is 36.8 Å². The molecular weight excluding hydrogens is 338 g/mol. The zero-order valence-corrected chi connectivity index (χ0v) is 15.8. The van der Waals surface area contributed by atoms with Gasteiger partial charge in [0.15, 0.2) is 0 Å². The molecule has 1 aromatic carbocycles. The highest BCUT2D eigenvalue weighted by Crippen LogP contribution is 2.26. The zero-order valence-electron chi connectivity index (χ0n) is 15.8. The fourth-order valence-corrected chi connectivity index (χ4v) is 3.40. The lowest BCUT2D eigenvalue weighted by Gasteiger charge is -2.34. The van der Waals surface area contributed by atoms with E-state index in [-0.39, 0.29) is 6.04 Å². The molecule has 0 radical (unpaired) electrons. The van der Waals surface area contributed by atoms with Gasteiger partial charge in [0.2, 0.25) is 0 Å². The maximum atomic E-state index is 5.75. The third-order valence-corrected chi connectivity index (χ3v) is 4.98. The van der Waals surface area contributed by atoms with Crippen molar-refractivity contribution in [2.45, 2.75) is 12.6 Å². The van der Waals surface area contributed by atoms with Gasteiger partial charge in [-0.25, -0.2) is 4.98 Å². The summed E-state index contributed by atoms with van der Waals surface area (Å²) in [5.41, 5.74) is 4.61. The molecule has 27 heavy (non-hydrogen) atoms. The Hall–Kier alpha value is -2.70. The molecule has 0 amide bonds. The Morgan fingerprint density at radius 2 is 1.93 bits per heavy atom. The van der Waals surface area contributed by atoms with E-state index in [4.69, 9.17) is 4.74 Å². The number of pyridine rings is 1. The van der Waals surface area contributed by atoms with E-state index in [2.05, 4.69) is 63.1 Å². The van der Waals surface area contributed by atoms with Crippen LogP contribution >= 0.6 is 0 Å². The molecule has 6 nitrogen and oxygen atoms in total. The molecule has 140 valence electrons. The average molecular weight is 363 g/mol. The molecule has 2 aromatic heterocycles. The van der Waals surface area contributed by atoms with Gasteiger partial charge in [-0.2, -0.15) is 0 Å². The Morgan fingerprint density at radius 1 is 1.15 bits per heavy atom. The second-order valence-electron chi connectivity index (χ2n) is 7.04. The van der Waals surface area contributed by atoms with Gasteiger partial charge >= 0.3 is 0 Å². The van der Waals surface area contributed by atoms with E-state index in [1.54, 1.807) is 12.4 Å². The molecule has 0 bridgehead atoms. The van der Waals surface area contributed by atoms with Crippen molar-refractivity contribution in [1.29, 1.82) is 0 Å². The molecule has 1 N–H and O–H groups in total.